The Bertz CT molecular complexity index is 83.1. The van der Waals surface area contributed by atoms with Crippen molar-refractivity contribution in [1.82, 2.24) is 5.48 Å². The van der Waals surface area contributed by atoms with E-state index in [9.17, 15) is 4.79 Å². The highest BCUT2D eigenvalue weighted by Crippen LogP contribution is 2.01. The van der Waals surface area contributed by atoms with Gasteiger partial charge >= 0.3 is 0 Å². The Kier molecular flexibility index (Phi) is 4.26. The second kappa shape index (κ2) is 4.47. The molecule has 0 amide bonds. The third-order valence-electron chi connectivity index (χ3n) is 1.06. The summed E-state index contributed by atoms with van der Waals surface area (Å²) in [4.78, 5) is 10.0. The molecular weight excluding hydrogens is 118 g/mol. The van der Waals surface area contributed by atoms with Gasteiger partial charge < -0.3 is 10.0 Å². The average Bonchev–Trinajstić information content (AvgIpc) is 1.82. The maximum Gasteiger partial charge on any atom is 0.139 e. The van der Waals surface area contributed by atoms with E-state index in [4.69, 9.17) is 5.21 Å². The molecule has 0 spiro atoms. The van der Waals surface area contributed by atoms with Gasteiger partial charge in [0.15, 0.2) is 0 Å². The molecule has 3 nitrogen and oxygen atoms in total. The molecule has 0 unspecified atom stereocenters. The monoisotopic (exact) mass is 131 g/mol. The second-order valence-corrected chi connectivity index (χ2v) is 2.50. The van der Waals surface area contributed by atoms with Crippen molar-refractivity contribution in [2.24, 2.45) is 5.92 Å². The van der Waals surface area contributed by atoms with Crippen LogP contribution in [-0.2, 0) is 4.79 Å². The highest BCUT2D eigenvalue weighted by atomic mass is 16.5. The van der Waals surface area contributed by atoms with E-state index in [2.05, 4.69) is 0 Å². The van der Waals surface area contributed by atoms with E-state index in [0.717, 1.165) is 0 Å². The quantitative estimate of drug-likeness (QED) is 0.433. The van der Waals surface area contributed by atoms with Gasteiger partial charge in [0.1, 0.15) is 6.29 Å². The zero-order chi connectivity index (χ0) is 7.28. The summed E-state index contributed by atoms with van der Waals surface area (Å²) in [5, 5.41) is 8.29. The van der Waals surface area contributed by atoms with E-state index in [-0.39, 0.29) is 0 Å². The molecule has 0 saturated carbocycles. The first-order valence-corrected chi connectivity index (χ1v) is 3.05. The second-order valence-electron chi connectivity index (χ2n) is 2.50. The minimum absolute atomic E-state index is 0.398. The van der Waals surface area contributed by atoms with Gasteiger partial charge in [-0.05, 0) is 12.3 Å². The average molecular weight is 131 g/mol. The van der Waals surface area contributed by atoms with Crippen LogP contribution >= 0.6 is 0 Å². The Hall–Kier alpha value is -0.410. The van der Waals surface area contributed by atoms with E-state index in [1.807, 2.05) is 19.3 Å². The molecule has 0 aromatic carbocycles. The minimum Gasteiger partial charge on any atom is -0.316 e. The fraction of sp³-hybridized carbons (Fsp3) is 0.833. The summed E-state index contributed by atoms with van der Waals surface area (Å²) in [6.45, 7) is 3.99. The molecule has 2 N–H and O–H groups in total. The van der Waals surface area contributed by atoms with Gasteiger partial charge in [0.25, 0.3) is 0 Å². The molecule has 0 aromatic rings. The van der Waals surface area contributed by atoms with Crippen LogP contribution in [0.15, 0.2) is 0 Å². The van der Waals surface area contributed by atoms with Crippen LogP contribution in [0.4, 0.5) is 0 Å². The summed E-state index contributed by atoms with van der Waals surface area (Å²) in [7, 11) is 0. The number of hydrogen-bond acceptors (Lipinski definition) is 3. The first-order valence-electron chi connectivity index (χ1n) is 3.05. The van der Waals surface area contributed by atoms with Gasteiger partial charge in [-0.2, -0.15) is 5.48 Å². The number of carbonyl (C=O) groups excluding carboxylic acids is 1. The van der Waals surface area contributed by atoms with Crippen molar-refractivity contribution in [2.45, 2.75) is 26.3 Å². The lowest BCUT2D eigenvalue weighted by molar-refractivity contribution is -0.112. The van der Waals surface area contributed by atoms with Gasteiger partial charge in [0, 0.05) is 0 Å². The lowest BCUT2D eigenvalue weighted by Crippen LogP contribution is -2.28. The maximum absolute atomic E-state index is 10.0. The Morgan fingerprint density at radius 2 is 2.22 bits per heavy atom. The van der Waals surface area contributed by atoms with Gasteiger partial charge in [-0.25, -0.2) is 0 Å². The minimum atomic E-state index is -0.398. The molecule has 0 aliphatic carbocycles. The van der Waals surface area contributed by atoms with Crippen molar-refractivity contribution in [3.63, 3.8) is 0 Å². The number of hydrogen-bond donors (Lipinski definition) is 2. The predicted octanol–water partition coefficient (Wildman–Crippen LogP) is 0.579. The summed E-state index contributed by atoms with van der Waals surface area (Å²) < 4.78 is 0. The predicted molar refractivity (Wildman–Crippen MR) is 34.2 cm³/mol. The van der Waals surface area contributed by atoms with Crippen LogP contribution in [-0.4, -0.2) is 17.5 Å². The molecule has 0 aliphatic heterocycles. The lowest BCUT2D eigenvalue weighted by Gasteiger charge is -2.08. The smallest absolute Gasteiger partial charge is 0.139 e. The standard InChI is InChI=1S/C6H13NO2/c1-5(2)3-6(4-8)7-9/h4-7,9H,3H2,1-2H3/t6-/m0/s1. The van der Waals surface area contributed by atoms with Crippen molar-refractivity contribution in [2.75, 3.05) is 0 Å². The van der Waals surface area contributed by atoms with Crippen LogP contribution in [0.2, 0.25) is 0 Å². The Labute approximate surface area is 55.0 Å². The molecule has 54 valence electrons. The zero-order valence-electron chi connectivity index (χ0n) is 5.79. The van der Waals surface area contributed by atoms with E-state index in [0.29, 0.717) is 18.6 Å². The highest BCUT2D eigenvalue weighted by Gasteiger charge is 2.06. The lowest BCUT2D eigenvalue weighted by atomic mass is 10.1. The SMILES string of the molecule is CC(C)C[C@@H](C=O)NO. The van der Waals surface area contributed by atoms with Gasteiger partial charge in [0.2, 0.25) is 0 Å². The number of carbonyl (C=O) groups is 1. The van der Waals surface area contributed by atoms with E-state index in [1.165, 1.54) is 0 Å². The number of aldehydes is 1. The maximum atomic E-state index is 10.0. The van der Waals surface area contributed by atoms with Crippen LogP contribution in [0.3, 0.4) is 0 Å². The summed E-state index contributed by atoms with van der Waals surface area (Å²) in [5.41, 5.74) is 1.92. The van der Waals surface area contributed by atoms with Gasteiger partial charge in [-0.3, -0.25) is 0 Å². The van der Waals surface area contributed by atoms with Gasteiger partial charge in [0.05, 0.1) is 6.04 Å². The molecule has 3 heteroatoms. The molecule has 0 radical (unpaired) electrons. The largest absolute Gasteiger partial charge is 0.316 e. The molecule has 1 atom stereocenters. The molecule has 0 fully saturated rings. The zero-order valence-corrected chi connectivity index (χ0v) is 5.79. The Morgan fingerprint density at radius 3 is 2.33 bits per heavy atom. The van der Waals surface area contributed by atoms with E-state index in [1.54, 1.807) is 0 Å². The fourth-order valence-electron chi connectivity index (χ4n) is 0.647. The molecular formula is C6H13NO2. The first kappa shape index (κ1) is 8.59. The van der Waals surface area contributed by atoms with E-state index < -0.39 is 6.04 Å². The molecule has 0 aromatic heterocycles. The summed E-state index contributed by atoms with van der Waals surface area (Å²) in [6, 6.07) is -0.398. The number of rotatable bonds is 4. The third-order valence-corrected chi connectivity index (χ3v) is 1.06. The van der Waals surface area contributed by atoms with Crippen molar-refractivity contribution < 1.29 is 10.0 Å². The van der Waals surface area contributed by atoms with Crippen molar-refractivity contribution >= 4 is 6.29 Å². The van der Waals surface area contributed by atoms with Crippen molar-refractivity contribution in [3.8, 4) is 0 Å². The van der Waals surface area contributed by atoms with Gasteiger partial charge in [-0.15, -0.1) is 0 Å². The fourth-order valence-corrected chi connectivity index (χ4v) is 0.647. The number of nitrogens with one attached hydrogen (secondary N) is 1. The Balaban J connectivity index is 3.42. The number of hydroxylamine groups is 1. The third kappa shape index (κ3) is 4.12. The normalized spacial score (nSPS) is 13.8. The molecule has 0 aliphatic rings. The van der Waals surface area contributed by atoms with Crippen molar-refractivity contribution in [1.29, 1.82) is 0 Å². The van der Waals surface area contributed by atoms with Crippen LogP contribution in [0.5, 0.6) is 0 Å². The van der Waals surface area contributed by atoms with Crippen molar-refractivity contribution in [3.05, 3.63) is 0 Å². The first-order chi connectivity index (χ1) is 4.20. The molecule has 9 heavy (non-hydrogen) atoms. The van der Waals surface area contributed by atoms with Crippen LogP contribution in [0.25, 0.3) is 0 Å². The summed E-state index contributed by atoms with van der Waals surface area (Å²) in [5.74, 6) is 0.430. The van der Waals surface area contributed by atoms with Crippen LogP contribution in [0.1, 0.15) is 20.3 Å². The Morgan fingerprint density at radius 1 is 1.67 bits per heavy atom. The molecule has 0 bridgehead atoms. The van der Waals surface area contributed by atoms with Crippen LogP contribution < -0.4 is 5.48 Å². The molecule has 0 heterocycles. The van der Waals surface area contributed by atoms with E-state index >= 15 is 0 Å². The molecule has 0 saturated heterocycles. The highest BCUT2D eigenvalue weighted by molar-refractivity contribution is 5.56. The van der Waals surface area contributed by atoms with Crippen LogP contribution in [0, 0.1) is 5.92 Å². The summed E-state index contributed by atoms with van der Waals surface area (Å²) in [6.07, 6.45) is 1.39. The topological polar surface area (TPSA) is 49.3 Å². The molecule has 0 rings (SSSR count). The summed E-state index contributed by atoms with van der Waals surface area (Å²) >= 11 is 0. The van der Waals surface area contributed by atoms with Gasteiger partial charge in [-0.1, -0.05) is 13.8 Å².